The zero-order chi connectivity index (χ0) is 13.5. The largest absolute Gasteiger partial charge is 0.491 e. The van der Waals surface area contributed by atoms with Crippen LogP contribution in [0.5, 0.6) is 0 Å². The molecule has 0 radical (unpaired) electrons. The summed E-state index contributed by atoms with van der Waals surface area (Å²) in [6, 6.07) is -1.05. The van der Waals surface area contributed by atoms with Gasteiger partial charge in [-0.1, -0.05) is 0 Å². The van der Waals surface area contributed by atoms with E-state index in [1.54, 1.807) is 0 Å². The molecule has 0 atom stereocenters. The van der Waals surface area contributed by atoms with Crippen molar-refractivity contribution in [3.05, 3.63) is 0 Å². The highest BCUT2D eigenvalue weighted by atomic mass is 28.5. The van der Waals surface area contributed by atoms with Crippen LogP contribution in [0.1, 0.15) is 6.42 Å². The Morgan fingerprint density at radius 2 is 1.65 bits per heavy atom. The molecule has 0 heterocycles. The molecule has 100 valence electrons. The Morgan fingerprint density at radius 3 is 2.12 bits per heavy atom. The molecular weight excluding hydrogens is 272 g/mol. The summed E-state index contributed by atoms with van der Waals surface area (Å²) in [5, 5.41) is 8.32. The van der Waals surface area contributed by atoms with Crippen LogP contribution in [0.2, 0.25) is 12.1 Å². The van der Waals surface area contributed by atoms with E-state index in [9.17, 15) is 28.8 Å². The van der Waals surface area contributed by atoms with Gasteiger partial charge in [0.1, 0.15) is 0 Å². The third-order valence-corrected chi connectivity index (χ3v) is 5.98. The average Bonchev–Trinajstić information content (AvgIpc) is 2.13. The van der Waals surface area contributed by atoms with Crippen molar-refractivity contribution in [2.75, 3.05) is 6.61 Å². The Kier molecular flexibility index (Phi) is 6.47. The van der Waals surface area contributed by atoms with Gasteiger partial charge in [-0.25, -0.2) is 0 Å². The maximum atomic E-state index is 10.2. The van der Waals surface area contributed by atoms with Crippen LogP contribution in [0.25, 0.3) is 0 Å². The van der Waals surface area contributed by atoms with Gasteiger partial charge in [-0.15, -0.1) is 0 Å². The lowest BCUT2D eigenvalue weighted by atomic mass is 10.5. The first-order valence-electron chi connectivity index (χ1n) is 4.55. The van der Waals surface area contributed by atoms with Gasteiger partial charge >= 0.3 is 23.6 Å². The fourth-order valence-electron chi connectivity index (χ4n) is 0.874. The summed E-state index contributed by atoms with van der Waals surface area (Å²) in [5.74, 6) is -1.26. The van der Waals surface area contributed by atoms with Crippen LogP contribution in [0, 0.1) is 0 Å². The minimum absolute atomic E-state index is 0.0947. The number of ether oxygens (including phenoxy) is 1. The van der Waals surface area contributed by atoms with Gasteiger partial charge in [0.05, 0.1) is 12.7 Å². The van der Waals surface area contributed by atoms with Crippen LogP contribution in [0.15, 0.2) is 0 Å². The SMILES string of the molecule is O=COCC[Si](O)(O)O[Si](O)(O)CCC(=O)O. The van der Waals surface area contributed by atoms with Crippen LogP contribution in [0.3, 0.4) is 0 Å². The molecule has 0 aliphatic carbocycles. The molecule has 0 aromatic rings. The summed E-state index contributed by atoms with van der Waals surface area (Å²) in [5.41, 5.74) is 0. The lowest BCUT2D eigenvalue weighted by Crippen LogP contribution is -2.53. The van der Waals surface area contributed by atoms with Crippen LogP contribution >= 0.6 is 0 Å². The van der Waals surface area contributed by atoms with Crippen LogP contribution in [0.4, 0.5) is 0 Å². The molecule has 0 rings (SSSR count). The Labute approximate surface area is 98.6 Å². The zero-order valence-electron chi connectivity index (χ0n) is 8.77. The van der Waals surface area contributed by atoms with Crippen molar-refractivity contribution >= 4 is 30.1 Å². The minimum Gasteiger partial charge on any atom is -0.481 e. The van der Waals surface area contributed by atoms with Crippen molar-refractivity contribution in [2.24, 2.45) is 0 Å². The van der Waals surface area contributed by atoms with Gasteiger partial charge in [0.2, 0.25) is 0 Å². The molecule has 0 unspecified atom stereocenters. The van der Waals surface area contributed by atoms with E-state index in [1.165, 1.54) is 0 Å². The predicted octanol–water partition coefficient (Wildman–Crippen LogP) is -2.50. The van der Waals surface area contributed by atoms with Crippen LogP contribution in [-0.4, -0.2) is 60.9 Å². The summed E-state index contributed by atoms with van der Waals surface area (Å²) in [4.78, 5) is 57.1. The molecule has 11 heteroatoms. The minimum atomic E-state index is -4.42. The second-order valence-electron chi connectivity index (χ2n) is 3.20. The maximum Gasteiger partial charge on any atom is 0.491 e. The number of carbonyl (C=O) groups excluding carboxylic acids is 1. The molecule has 0 spiro atoms. The second-order valence-corrected chi connectivity index (χ2v) is 7.99. The summed E-state index contributed by atoms with van der Waals surface area (Å²) in [6.45, 7) is -0.246. The molecule has 0 bridgehead atoms. The Balaban J connectivity index is 4.16. The normalized spacial score (nSPS) is 12.2. The van der Waals surface area contributed by atoms with Crippen molar-refractivity contribution in [3.63, 3.8) is 0 Å². The molecule has 0 aliphatic heterocycles. The first-order chi connectivity index (χ1) is 7.68. The predicted molar refractivity (Wildman–Crippen MR) is 55.4 cm³/mol. The molecule has 0 aromatic carbocycles. The molecule has 0 fully saturated rings. The van der Waals surface area contributed by atoms with Crippen LogP contribution < -0.4 is 0 Å². The van der Waals surface area contributed by atoms with E-state index in [2.05, 4.69) is 8.85 Å². The third-order valence-electron chi connectivity index (χ3n) is 1.61. The molecular formula is C6H14O9Si2. The van der Waals surface area contributed by atoms with Crippen molar-refractivity contribution in [3.8, 4) is 0 Å². The number of rotatable bonds is 9. The highest BCUT2D eigenvalue weighted by molar-refractivity contribution is 6.72. The molecule has 0 aromatic heterocycles. The number of carbonyl (C=O) groups is 2. The van der Waals surface area contributed by atoms with Crippen molar-refractivity contribution in [2.45, 2.75) is 18.5 Å². The van der Waals surface area contributed by atoms with E-state index in [0.717, 1.165) is 0 Å². The number of hydrogen-bond donors (Lipinski definition) is 5. The van der Waals surface area contributed by atoms with E-state index in [1.807, 2.05) is 0 Å². The zero-order valence-corrected chi connectivity index (χ0v) is 10.8. The van der Waals surface area contributed by atoms with Crippen LogP contribution in [-0.2, 0) is 18.4 Å². The third kappa shape index (κ3) is 8.93. The number of hydrogen-bond acceptors (Lipinski definition) is 8. The lowest BCUT2D eigenvalue weighted by Gasteiger charge is -2.25. The van der Waals surface area contributed by atoms with E-state index in [0.29, 0.717) is 0 Å². The molecule has 5 N–H and O–H groups in total. The smallest absolute Gasteiger partial charge is 0.481 e. The Hall–Kier alpha value is -0.826. The fraction of sp³-hybridized carbons (Fsp3) is 0.667. The first-order valence-corrected chi connectivity index (χ1v) is 8.57. The van der Waals surface area contributed by atoms with E-state index >= 15 is 0 Å². The van der Waals surface area contributed by atoms with Gasteiger partial charge in [0, 0.05) is 12.5 Å². The number of aliphatic carboxylic acids is 1. The molecule has 0 amide bonds. The van der Waals surface area contributed by atoms with E-state index in [-0.39, 0.29) is 13.1 Å². The second kappa shape index (κ2) is 6.80. The van der Waals surface area contributed by atoms with Gasteiger partial charge in [-0.2, -0.15) is 0 Å². The maximum absolute atomic E-state index is 10.2. The van der Waals surface area contributed by atoms with Crippen molar-refractivity contribution in [1.29, 1.82) is 0 Å². The van der Waals surface area contributed by atoms with E-state index < -0.39 is 42.1 Å². The van der Waals surface area contributed by atoms with Gasteiger partial charge in [-0.3, -0.25) is 9.59 Å². The molecule has 0 aliphatic rings. The monoisotopic (exact) mass is 286 g/mol. The lowest BCUT2D eigenvalue weighted by molar-refractivity contribution is -0.137. The van der Waals surface area contributed by atoms with Gasteiger partial charge in [-0.05, 0) is 0 Å². The van der Waals surface area contributed by atoms with Gasteiger partial charge in [0.25, 0.3) is 6.47 Å². The van der Waals surface area contributed by atoms with Gasteiger partial charge < -0.3 is 33.1 Å². The van der Waals surface area contributed by atoms with E-state index in [4.69, 9.17) is 5.11 Å². The Bertz CT molecular complexity index is 266. The first kappa shape index (κ1) is 16.2. The van der Waals surface area contributed by atoms with Crippen molar-refractivity contribution < 1.29 is 42.7 Å². The molecule has 0 saturated heterocycles. The summed E-state index contributed by atoms with van der Waals surface area (Å²) >= 11 is 0. The summed E-state index contributed by atoms with van der Waals surface area (Å²) in [7, 11) is -8.79. The topological polar surface area (TPSA) is 154 Å². The number of carboxylic acids is 1. The van der Waals surface area contributed by atoms with Gasteiger partial charge in [0.15, 0.2) is 0 Å². The molecule has 17 heavy (non-hydrogen) atoms. The highest BCUT2D eigenvalue weighted by Crippen LogP contribution is 2.14. The Morgan fingerprint density at radius 1 is 1.12 bits per heavy atom. The standard InChI is InChI=1S/C6H14O9Si2/c7-5-14-2-4-17(12,13)15-16(10,11)3-1-6(8)9/h5,10-13H,1-4H2,(H,8,9). The summed E-state index contributed by atoms with van der Waals surface area (Å²) in [6.07, 6.45) is -0.561. The highest BCUT2D eigenvalue weighted by Gasteiger charge is 2.45. The van der Waals surface area contributed by atoms with Crippen molar-refractivity contribution in [1.82, 2.24) is 0 Å². The average molecular weight is 286 g/mol. The molecule has 0 saturated carbocycles. The molecule has 9 nitrogen and oxygen atoms in total. The quantitative estimate of drug-likeness (QED) is 0.176. The number of carboxylic acid groups (broad SMARTS) is 1. The fourth-order valence-corrected chi connectivity index (χ4v) is 4.71. The summed E-state index contributed by atoms with van der Waals surface area (Å²) < 4.78 is 8.56.